The summed E-state index contributed by atoms with van der Waals surface area (Å²) < 4.78 is 5.44. The fourth-order valence-corrected chi connectivity index (χ4v) is 4.72. The molecule has 1 fully saturated rings. The van der Waals surface area contributed by atoms with Crippen molar-refractivity contribution < 1.29 is 4.74 Å². The van der Waals surface area contributed by atoms with Gasteiger partial charge in [0.1, 0.15) is 5.75 Å². The Balaban J connectivity index is 1.61. The SMILES string of the molecule is COc1ccc2c(c1)CCCC2(C)N1CCC(c2ccccc2)C1. The van der Waals surface area contributed by atoms with Gasteiger partial charge in [-0.05, 0) is 73.9 Å². The predicted octanol–water partition coefficient (Wildman–Crippen LogP) is 4.74. The normalized spacial score (nSPS) is 27.0. The van der Waals surface area contributed by atoms with Crippen LogP contribution in [0.5, 0.6) is 5.75 Å². The van der Waals surface area contributed by atoms with Crippen molar-refractivity contribution in [2.24, 2.45) is 0 Å². The van der Waals surface area contributed by atoms with E-state index in [1.807, 2.05) is 0 Å². The smallest absolute Gasteiger partial charge is 0.119 e. The Hall–Kier alpha value is -1.80. The van der Waals surface area contributed by atoms with Gasteiger partial charge in [-0.15, -0.1) is 0 Å². The van der Waals surface area contributed by atoms with Crippen LogP contribution in [0.15, 0.2) is 48.5 Å². The van der Waals surface area contributed by atoms with Crippen molar-refractivity contribution in [1.29, 1.82) is 0 Å². The molecule has 2 aliphatic rings. The molecule has 0 bridgehead atoms. The maximum Gasteiger partial charge on any atom is 0.119 e. The molecule has 2 heteroatoms. The summed E-state index contributed by atoms with van der Waals surface area (Å²) in [5.41, 5.74) is 4.66. The molecule has 1 aliphatic carbocycles. The molecule has 2 atom stereocenters. The number of likely N-dealkylation sites (tertiary alicyclic amines) is 1. The lowest BCUT2D eigenvalue weighted by atomic mass is 9.76. The van der Waals surface area contributed by atoms with E-state index in [4.69, 9.17) is 4.74 Å². The highest BCUT2D eigenvalue weighted by Crippen LogP contribution is 2.44. The molecule has 0 aromatic heterocycles. The summed E-state index contributed by atoms with van der Waals surface area (Å²) in [5, 5.41) is 0. The molecule has 2 aromatic carbocycles. The summed E-state index contributed by atoms with van der Waals surface area (Å²) in [6.07, 6.45) is 4.97. The molecule has 1 heterocycles. The minimum absolute atomic E-state index is 0.170. The van der Waals surface area contributed by atoms with Crippen molar-refractivity contribution in [3.63, 3.8) is 0 Å². The number of nitrogens with zero attached hydrogens (tertiary/aromatic N) is 1. The first kappa shape index (κ1) is 15.7. The molecule has 0 radical (unpaired) electrons. The van der Waals surface area contributed by atoms with Crippen LogP contribution in [0.4, 0.5) is 0 Å². The number of hydrogen-bond acceptors (Lipinski definition) is 2. The molecule has 0 saturated carbocycles. The molecule has 24 heavy (non-hydrogen) atoms. The molecule has 0 N–H and O–H groups in total. The van der Waals surface area contributed by atoms with E-state index >= 15 is 0 Å². The topological polar surface area (TPSA) is 12.5 Å². The highest BCUT2D eigenvalue weighted by atomic mass is 16.5. The molecular formula is C22H27NO. The average Bonchev–Trinajstić information content (AvgIpc) is 3.13. The third-order valence-corrected chi connectivity index (χ3v) is 6.16. The number of ether oxygens (including phenoxy) is 1. The molecular weight excluding hydrogens is 294 g/mol. The van der Waals surface area contributed by atoms with Crippen LogP contribution >= 0.6 is 0 Å². The Morgan fingerprint density at radius 2 is 1.96 bits per heavy atom. The van der Waals surface area contributed by atoms with E-state index in [0.717, 1.165) is 5.75 Å². The van der Waals surface area contributed by atoms with Crippen molar-refractivity contribution in [3.8, 4) is 5.75 Å². The van der Waals surface area contributed by atoms with Crippen LogP contribution in [0.25, 0.3) is 0 Å². The van der Waals surface area contributed by atoms with Crippen LogP contribution in [0.1, 0.15) is 48.8 Å². The fraction of sp³-hybridized carbons (Fsp3) is 0.455. The van der Waals surface area contributed by atoms with Crippen molar-refractivity contribution in [1.82, 2.24) is 4.90 Å². The maximum absolute atomic E-state index is 5.44. The molecule has 1 aliphatic heterocycles. The number of fused-ring (bicyclic) bond motifs is 1. The van der Waals surface area contributed by atoms with E-state index in [1.165, 1.54) is 55.5 Å². The minimum Gasteiger partial charge on any atom is -0.497 e. The Labute approximate surface area is 145 Å². The first-order valence-corrected chi connectivity index (χ1v) is 9.18. The zero-order valence-corrected chi connectivity index (χ0v) is 14.8. The van der Waals surface area contributed by atoms with Crippen LogP contribution in [-0.2, 0) is 12.0 Å². The number of methoxy groups -OCH3 is 1. The number of aryl methyl sites for hydroxylation is 1. The first-order valence-electron chi connectivity index (χ1n) is 9.18. The van der Waals surface area contributed by atoms with Gasteiger partial charge in [0.25, 0.3) is 0 Å². The van der Waals surface area contributed by atoms with Crippen LogP contribution < -0.4 is 4.74 Å². The molecule has 2 unspecified atom stereocenters. The van der Waals surface area contributed by atoms with Gasteiger partial charge < -0.3 is 4.74 Å². The van der Waals surface area contributed by atoms with Gasteiger partial charge in [0, 0.05) is 12.1 Å². The minimum atomic E-state index is 0.170. The largest absolute Gasteiger partial charge is 0.497 e. The Bertz CT molecular complexity index is 711. The zero-order chi connectivity index (χ0) is 16.6. The van der Waals surface area contributed by atoms with Crippen LogP contribution in [0, 0.1) is 0 Å². The summed E-state index contributed by atoms with van der Waals surface area (Å²) in [6.45, 7) is 4.82. The zero-order valence-electron chi connectivity index (χ0n) is 14.8. The molecule has 4 rings (SSSR count). The quantitative estimate of drug-likeness (QED) is 0.810. The Morgan fingerprint density at radius 1 is 1.12 bits per heavy atom. The van der Waals surface area contributed by atoms with Gasteiger partial charge >= 0.3 is 0 Å². The standard InChI is InChI=1S/C22H27NO/c1-22(13-6-9-18-15-20(24-2)10-11-21(18)22)23-14-12-19(16-23)17-7-4-3-5-8-17/h3-5,7-8,10-11,15,19H,6,9,12-14,16H2,1-2H3. The number of rotatable bonds is 3. The van der Waals surface area contributed by atoms with Gasteiger partial charge in [-0.1, -0.05) is 36.4 Å². The second-order valence-electron chi connectivity index (χ2n) is 7.49. The monoisotopic (exact) mass is 321 g/mol. The maximum atomic E-state index is 5.44. The van der Waals surface area contributed by atoms with Gasteiger partial charge in [-0.2, -0.15) is 0 Å². The Morgan fingerprint density at radius 3 is 2.75 bits per heavy atom. The molecule has 126 valence electrons. The second kappa shape index (κ2) is 6.25. The van der Waals surface area contributed by atoms with E-state index < -0.39 is 0 Å². The second-order valence-corrected chi connectivity index (χ2v) is 7.49. The van der Waals surface area contributed by atoms with E-state index in [2.05, 4.69) is 60.4 Å². The number of hydrogen-bond donors (Lipinski definition) is 0. The van der Waals surface area contributed by atoms with E-state index in [0.29, 0.717) is 5.92 Å². The predicted molar refractivity (Wildman–Crippen MR) is 98.7 cm³/mol. The van der Waals surface area contributed by atoms with Crippen LogP contribution in [-0.4, -0.2) is 25.1 Å². The summed E-state index contributed by atoms with van der Waals surface area (Å²) in [7, 11) is 1.76. The van der Waals surface area contributed by atoms with Crippen molar-refractivity contribution in [3.05, 3.63) is 65.2 Å². The Kier molecular flexibility index (Phi) is 4.09. The number of benzene rings is 2. The van der Waals surface area contributed by atoms with Gasteiger partial charge in [0.05, 0.1) is 7.11 Å². The third-order valence-electron chi connectivity index (χ3n) is 6.16. The lowest BCUT2D eigenvalue weighted by molar-refractivity contribution is 0.111. The van der Waals surface area contributed by atoms with Crippen molar-refractivity contribution in [2.75, 3.05) is 20.2 Å². The van der Waals surface area contributed by atoms with E-state index in [9.17, 15) is 0 Å². The molecule has 0 amide bonds. The van der Waals surface area contributed by atoms with Crippen LogP contribution in [0.3, 0.4) is 0 Å². The summed E-state index contributed by atoms with van der Waals surface area (Å²) in [5.74, 6) is 1.66. The van der Waals surface area contributed by atoms with Gasteiger partial charge in [-0.25, -0.2) is 0 Å². The van der Waals surface area contributed by atoms with Crippen LogP contribution in [0.2, 0.25) is 0 Å². The summed E-state index contributed by atoms with van der Waals surface area (Å²) in [6, 6.07) is 17.7. The van der Waals surface area contributed by atoms with Gasteiger partial charge in [0.15, 0.2) is 0 Å². The molecule has 0 spiro atoms. The first-order chi connectivity index (χ1) is 11.7. The summed E-state index contributed by atoms with van der Waals surface area (Å²) in [4.78, 5) is 2.73. The highest BCUT2D eigenvalue weighted by molar-refractivity contribution is 5.41. The average molecular weight is 321 g/mol. The molecule has 2 aromatic rings. The van der Waals surface area contributed by atoms with Crippen molar-refractivity contribution in [2.45, 2.75) is 44.1 Å². The van der Waals surface area contributed by atoms with Gasteiger partial charge in [0.2, 0.25) is 0 Å². The van der Waals surface area contributed by atoms with E-state index in [-0.39, 0.29) is 5.54 Å². The fourth-order valence-electron chi connectivity index (χ4n) is 4.72. The third kappa shape index (κ3) is 2.63. The lowest BCUT2D eigenvalue weighted by Gasteiger charge is -2.43. The van der Waals surface area contributed by atoms with Crippen molar-refractivity contribution >= 4 is 0 Å². The highest BCUT2D eigenvalue weighted by Gasteiger charge is 2.41. The van der Waals surface area contributed by atoms with Gasteiger partial charge in [-0.3, -0.25) is 4.90 Å². The summed E-state index contributed by atoms with van der Waals surface area (Å²) >= 11 is 0. The molecule has 2 nitrogen and oxygen atoms in total. The van der Waals surface area contributed by atoms with E-state index in [1.54, 1.807) is 7.11 Å². The lowest BCUT2D eigenvalue weighted by Crippen LogP contribution is -2.44. The molecule has 1 saturated heterocycles.